The first-order chi connectivity index (χ1) is 8.29. The van der Waals surface area contributed by atoms with E-state index in [2.05, 4.69) is 22.0 Å². The van der Waals surface area contributed by atoms with Crippen LogP contribution in [-0.2, 0) is 6.42 Å². The Morgan fingerprint density at radius 2 is 2.24 bits per heavy atom. The van der Waals surface area contributed by atoms with Crippen LogP contribution in [0.15, 0.2) is 0 Å². The zero-order valence-electron chi connectivity index (χ0n) is 10.3. The van der Waals surface area contributed by atoms with Crippen molar-refractivity contribution in [3.63, 3.8) is 0 Å². The van der Waals surface area contributed by atoms with Gasteiger partial charge in [-0.3, -0.25) is 4.57 Å². The van der Waals surface area contributed by atoms with Crippen LogP contribution in [0.5, 0.6) is 0 Å². The predicted octanol–water partition coefficient (Wildman–Crippen LogP) is 0.914. The van der Waals surface area contributed by atoms with Gasteiger partial charge in [-0.05, 0) is 32.4 Å². The highest BCUT2D eigenvalue weighted by Gasteiger charge is 2.31. The lowest BCUT2D eigenvalue weighted by Crippen LogP contribution is -2.23. The van der Waals surface area contributed by atoms with Crippen molar-refractivity contribution in [2.24, 2.45) is 0 Å². The maximum absolute atomic E-state index is 10.1. The third-order valence-electron chi connectivity index (χ3n) is 4.04. The molecule has 5 nitrogen and oxygen atoms in total. The zero-order valence-corrected chi connectivity index (χ0v) is 10.3. The van der Waals surface area contributed by atoms with E-state index < -0.39 is 6.23 Å². The molecule has 1 fully saturated rings. The zero-order chi connectivity index (χ0) is 11.8. The molecule has 0 aromatic carbocycles. The van der Waals surface area contributed by atoms with E-state index in [1.807, 2.05) is 4.57 Å². The summed E-state index contributed by atoms with van der Waals surface area (Å²) in [5, 5.41) is 18.6. The summed E-state index contributed by atoms with van der Waals surface area (Å²) >= 11 is 0. The molecule has 1 aromatic rings. The van der Waals surface area contributed by atoms with Crippen molar-refractivity contribution in [2.45, 2.75) is 44.8 Å². The van der Waals surface area contributed by atoms with E-state index in [0.717, 1.165) is 57.0 Å². The fourth-order valence-electron chi connectivity index (χ4n) is 3.01. The minimum Gasteiger partial charge on any atom is -0.373 e. The molecule has 0 aliphatic carbocycles. The summed E-state index contributed by atoms with van der Waals surface area (Å²) in [6.45, 7) is 5.48. The SMILES string of the molecule is CCN1CCC(c2nnc3n2C(O)CCC3)C1. The highest BCUT2D eigenvalue weighted by molar-refractivity contribution is 5.08. The Balaban J connectivity index is 1.86. The minimum absolute atomic E-state index is 0.403. The van der Waals surface area contributed by atoms with Gasteiger partial charge in [0.15, 0.2) is 0 Å². The van der Waals surface area contributed by atoms with Crippen LogP contribution in [0.3, 0.4) is 0 Å². The number of aliphatic hydroxyl groups excluding tert-OH is 1. The van der Waals surface area contributed by atoms with Crippen molar-refractivity contribution in [2.75, 3.05) is 19.6 Å². The van der Waals surface area contributed by atoms with Gasteiger partial charge in [0.25, 0.3) is 0 Å². The number of fused-ring (bicyclic) bond motifs is 1. The lowest BCUT2D eigenvalue weighted by atomic mass is 10.1. The molecule has 0 spiro atoms. The fourth-order valence-corrected chi connectivity index (χ4v) is 3.01. The molecular formula is C12H20N4O. The largest absolute Gasteiger partial charge is 0.373 e. The first-order valence-corrected chi connectivity index (χ1v) is 6.63. The first kappa shape index (κ1) is 11.2. The summed E-state index contributed by atoms with van der Waals surface area (Å²) in [6, 6.07) is 0. The van der Waals surface area contributed by atoms with Gasteiger partial charge in [-0.2, -0.15) is 0 Å². The standard InChI is InChI=1S/C12H20N4O/c1-2-15-7-6-9(8-15)12-14-13-10-4-3-5-11(17)16(10)12/h9,11,17H,2-8H2,1H3. The molecule has 1 aromatic heterocycles. The van der Waals surface area contributed by atoms with Crippen LogP contribution in [-0.4, -0.2) is 44.4 Å². The van der Waals surface area contributed by atoms with Gasteiger partial charge in [-0.1, -0.05) is 6.92 Å². The van der Waals surface area contributed by atoms with Gasteiger partial charge >= 0.3 is 0 Å². The Hall–Kier alpha value is -0.940. The Morgan fingerprint density at radius 3 is 3.00 bits per heavy atom. The Morgan fingerprint density at radius 1 is 1.35 bits per heavy atom. The molecule has 2 aliphatic rings. The number of aryl methyl sites for hydroxylation is 1. The van der Waals surface area contributed by atoms with Gasteiger partial charge < -0.3 is 10.0 Å². The average Bonchev–Trinajstić information content (AvgIpc) is 2.94. The van der Waals surface area contributed by atoms with E-state index in [9.17, 15) is 5.11 Å². The molecule has 1 saturated heterocycles. The summed E-state index contributed by atoms with van der Waals surface area (Å²) in [4.78, 5) is 2.43. The average molecular weight is 236 g/mol. The van der Waals surface area contributed by atoms with Crippen LogP contribution in [0.2, 0.25) is 0 Å². The molecule has 94 valence electrons. The lowest BCUT2D eigenvalue weighted by Gasteiger charge is -2.23. The molecule has 0 amide bonds. The molecule has 0 bridgehead atoms. The van der Waals surface area contributed by atoms with Gasteiger partial charge in [0.2, 0.25) is 0 Å². The molecule has 17 heavy (non-hydrogen) atoms. The van der Waals surface area contributed by atoms with Crippen molar-refractivity contribution >= 4 is 0 Å². The molecule has 2 unspecified atom stereocenters. The van der Waals surface area contributed by atoms with E-state index in [0.29, 0.717) is 5.92 Å². The van der Waals surface area contributed by atoms with Crippen LogP contribution in [0.4, 0.5) is 0 Å². The lowest BCUT2D eigenvalue weighted by molar-refractivity contribution is 0.0737. The summed E-state index contributed by atoms with van der Waals surface area (Å²) in [6.07, 6.45) is 3.54. The van der Waals surface area contributed by atoms with Crippen LogP contribution >= 0.6 is 0 Å². The van der Waals surface area contributed by atoms with E-state index in [1.165, 1.54) is 0 Å². The van der Waals surface area contributed by atoms with E-state index in [4.69, 9.17) is 0 Å². The van der Waals surface area contributed by atoms with Crippen molar-refractivity contribution in [1.29, 1.82) is 0 Å². The predicted molar refractivity (Wildman–Crippen MR) is 63.7 cm³/mol. The number of aliphatic hydroxyl groups is 1. The topological polar surface area (TPSA) is 54.2 Å². The number of hydrogen-bond acceptors (Lipinski definition) is 4. The minimum atomic E-state index is -0.403. The van der Waals surface area contributed by atoms with E-state index in [1.54, 1.807) is 0 Å². The number of nitrogens with zero attached hydrogens (tertiary/aromatic N) is 4. The third kappa shape index (κ3) is 1.87. The second kappa shape index (κ2) is 4.38. The van der Waals surface area contributed by atoms with Gasteiger partial charge in [0, 0.05) is 18.9 Å². The molecule has 5 heteroatoms. The Labute approximate surface area is 101 Å². The number of rotatable bonds is 2. The molecular weight excluding hydrogens is 216 g/mol. The third-order valence-corrected chi connectivity index (χ3v) is 4.04. The van der Waals surface area contributed by atoms with E-state index in [-0.39, 0.29) is 0 Å². The quantitative estimate of drug-likeness (QED) is 0.829. The van der Waals surface area contributed by atoms with Crippen LogP contribution in [0, 0.1) is 0 Å². The molecule has 3 rings (SSSR count). The molecule has 0 radical (unpaired) electrons. The van der Waals surface area contributed by atoms with Crippen molar-refractivity contribution in [1.82, 2.24) is 19.7 Å². The maximum Gasteiger partial charge on any atom is 0.139 e. The van der Waals surface area contributed by atoms with Gasteiger partial charge in [-0.25, -0.2) is 0 Å². The highest BCUT2D eigenvalue weighted by Crippen LogP contribution is 2.31. The first-order valence-electron chi connectivity index (χ1n) is 6.63. The molecule has 3 heterocycles. The summed E-state index contributed by atoms with van der Waals surface area (Å²) < 4.78 is 1.98. The number of likely N-dealkylation sites (tertiary alicyclic amines) is 1. The molecule has 2 aliphatic heterocycles. The number of hydrogen-bond donors (Lipinski definition) is 1. The molecule has 2 atom stereocenters. The smallest absolute Gasteiger partial charge is 0.139 e. The fraction of sp³-hybridized carbons (Fsp3) is 0.833. The van der Waals surface area contributed by atoms with Gasteiger partial charge in [-0.15, -0.1) is 10.2 Å². The summed E-state index contributed by atoms with van der Waals surface area (Å²) in [5.41, 5.74) is 0. The summed E-state index contributed by atoms with van der Waals surface area (Å²) in [7, 11) is 0. The van der Waals surface area contributed by atoms with Crippen molar-refractivity contribution < 1.29 is 5.11 Å². The molecule has 1 N–H and O–H groups in total. The Bertz CT molecular complexity index is 403. The maximum atomic E-state index is 10.1. The van der Waals surface area contributed by atoms with E-state index >= 15 is 0 Å². The second-order valence-electron chi connectivity index (χ2n) is 5.10. The second-order valence-corrected chi connectivity index (χ2v) is 5.10. The number of aromatic nitrogens is 3. The monoisotopic (exact) mass is 236 g/mol. The summed E-state index contributed by atoms with van der Waals surface area (Å²) in [5.74, 6) is 2.42. The number of likely N-dealkylation sites (N-methyl/N-ethyl adjacent to an activating group) is 1. The van der Waals surface area contributed by atoms with Gasteiger partial charge in [0.05, 0.1) is 0 Å². The van der Waals surface area contributed by atoms with Crippen molar-refractivity contribution in [3.05, 3.63) is 11.6 Å². The Kier molecular flexibility index (Phi) is 2.88. The normalized spacial score (nSPS) is 29.5. The van der Waals surface area contributed by atoms with Crippen LogP contribution < -0.4 is 0 Å². The highest BCUT2D eigenvalue weighted by atomic mass is 16.3. The van der Waals surface area contributed by atoms with Gasteiger partial charge in [0.1, 0.15) is 17.9 Å². The van der Waals surface area contributed by atoms with Crippen LogP contribution in [0.1, 0.15) is 50.0 Å². The van der Waals surface area contributed by atoms with Crippen LogP contribution in [0.25, 0.3) is 0 Å². The molecule has 0 saturated carbocycles. The van der Waals surface area contributed by atoms with Crippen molar-refractivity contribution in [3.8, 4) is 0 Å².